The molecule has 1 unspecified atom stereocenters. The number of rotatable bonds is 2. The molecule has 112 valence electrons. The topological polar surface area (TPSA) is 36.8 Å². The minimum atomic E-state index is -0.236. The predicted molar refractivity (Wildman–Crippen MR) is 96.1 cm³/mol. The van der Waals surface area contributed by atoms with Gasteiger partial charge in [-0.3, -0.25) is 0 Å². The van der Waals surface area contributed by atoms with E-state index in [1.807, 2.05) is 42.5 Å². The average molecular weight is 320 g/mol. The molecule has 0 amide bonds. The minimum absolute atomic E-state index is 0.236. The van der Waals surface area contributed by atoms with Crippen LogP contribution in [0.4, 0.5) is 0 Å². The Labute approximate surface area is 139 Å². The molecule has 0 spiro atoms. The highest BCUT2D eigenvalue weighted by atomic mass is 35.5. The fourth-order valence-corrected chi connectivity index (χ4v) is 2.87. The van der Waals surface area contributed by atoms with Crippen LogP contribution in [0.25, 0.3) is 10.8 Å². The number of hydrogen-bond donors (Lipinski definition) is 1. The van der Waals surface area contributed by atoms with Gasteiger partial charge in [-0.2, -0.15) is 0 Å². The number of benzene rings is 3. The molecular weight excluding hydrogens is 306 g/mol. The molecule has 0 aromatic heterocycles. The van der Waals surface area contributed by atoms with E-state index in [0.29, 0.717) is 11.1 Å². The quantitative estimate of drug-likeness (QED) is 0.694. The summed E-state index contributed by atoms with van der Waals surface area (Å²) in [4.78, 5) is 9.02. The van der Waals surface area contributed by atoms with E-state index in [1.165, 1.54) is 10.8 Å². The fourth-order valence-electron chi connectivity index (χ4n) is 2.68. The Bertz CT molecular complexity index is 916. The third-order valence-corrected chi connectivity index (χ3v) is 4.03. The van der Waals surface area contributed by atoms with Crippen molar-refractivity contribution in [1.82, 2.24) is 5.32 Å². The van der Waals surface area contributed by atoms with Gasteiger partial charge >= 0.3 is 0 Å². The number of halogens is 1. The Hall–Kier alpha value is -2.65. The molecule has 0 bridgehead atoms. The van der Waals surface area contributed by atoms with Crippen molar-refractivity contribution in [2.75, 3.05) is 0 Å². The van der Waals surface area contributed by atoms with E-state index in [0.717, 1.165) is 11.1 Å². The third kappa shape index (κ3) is 2.83. The van der Waals surface area contributed by atoms with Gasteiger partial charge in [-0.1, -0.05) is 66.7 Å². The van der Waals surface area contributed by atoms with Crippen molar-refractivity contribution in [2.45, 2.75) is 6.17 Å². The van der Waals surface area contributed by atoms with Crippen LogP contribution in [0.15, 0.2) is 82.8 Å². The summed E-state index contributed by atoms with van der Waals surface area (Å²) in [5.41, 5.74) is 2.02. The molecule has 0 radical (unpaired) electrons. The van der Waals surface area contributed by atoms with Gasteiger partial charge in [0.2, 0.25) is 0 Å². The van der Waals surface area contributed by atoms with Crippen LogP contribution in [-0.2, 0) is 0 Å². The first-order chi connectivity index (χ1) is 11.3. The molecule has 3 aromatic carbocycles. The van der Waals surface area contributed by atoms with Crippen LogP contribution >= 0.6 is 11.6 Å². The summed E-state index contributed by atoms with van der Waals surface area (Å²) in [7, 11) is 0. The summed E-state index contributed by atoms with van der Waals surface area (Å²) in [5, 5.41) is 5.87. The van der Waals surface area contributed by atoms with Crippen molar-refractivity contribution in [2.24, 2.45) is 9.98 Å². The van der Waals surface area contributed by atoms with E-state index < -0.39 is 0 Å². The van der Waals surface area contributed by atoms with Gasteiger partial charge < -0.3 is 5.32 Å². The summed E-state index contributed by atoms with van der Waals surface area (Å²) in [6.45, 7) is 0. The molecule has 23 heavy (non-hydrogen) atoms. The lowest BCUT2D eigenvalue weighted by Crippen LogP contribution is -2.29. The average Bonchev–Trinajstić information content (AvgIpc) is 2.61. The van der Waals surface area contributed by atoms with Gasteiger partial charge in [-0.15, -0.1) is 0 Å². The second-order valence-electron chi connectivity index (χ2n) is 5.37. The van der Waals surface area contributed by atoms with Gasteiger partial charge in [0.15, 0.2) is 11.1 Å². The normalized spacial score (nSPS) is 17.3. The standard InChI is InChI=1S/C19H14ClN3/c20-19-22-17(14-7-2-1-3-8-14)21-18(23-19)16-11-10-13-6-4-5-9-15(13)12-16/h1-12,18H,(H,21,22,23). The number of amidine groups is 2. The summed E-state index contributed by atoms with van der Waals surface area (Å²) < 4.78 is 0. The zero-order valence-electron chi connectivity index (χ0n) is 12.3. The first-order valence-electron chi connectivity index (χ1n) is 7.42. The van der Waals surface area contributed by atoms with E-state index in [1.54, 1.807) is 0 Å². The lowest BCUT2D eigenvalue weighted by atomic mass is 10.1. The predicted octanol–water partition coefficient (Wildman–Crippen LogP) is 4.48. The van der Waals surface area contributed by atoms with Crippen molar-refractivity contribution >= 4 is 33.5 Å². The van der Waals surface area contributed by atoms with Crippen LogP contribution in [0.2, 0.25) is 0 Å². The van der Waals surface area contributed by atoms with Crippen LogP contribution < -0.4 is 5.32 Å². The SMILES string of the molecule is ClC1=NC(c2ccccc2)=NC(c2ccc3ccccc3c2)N1. The minimum Gasteiger partial charge on any atom is -0.335 e. The molecule has 3 aromatic rings. The number of hydrogen-bond acceptors (Lipinski definition) is 3. The summed E-state index contributed by atoms with van der Waals surface area (Å²) in [5.74, 6) is 0.646. The largest absolute Gasteiger partial charge is 0.335 e. The van der Waals surface area contributed by atoms with Crippen molar-refractivity contribution in [3.63, 3.8) is 0 Å². The molecule has 1 atom stereocenters. The number of fused-ring (bicyclic) bond motifs is 1. The van der Waals surface area contributed by atoms with Crippen LogP contribution in [-0.4, -0.2) is 11.1 Å². The zero-order valence-corrected chi connectivity index (χ0v) is 13.0. The maximum absolute atomic E-state index is 6.18. The van der Waals surface area contributed by atoms with E-state index in [9.17, 15) is 0 Å². The number of nitrogens with zero attached hydrogens (tertiary/aromatic N) is 2. The molecule has 0 aliphatic carbocycles. The lowest BCUT2D eigenvalue weighted by molar-refractivity contribution is 0.681. The Morgan fingerprint density at radius 2 is 1.57 bits per heavy atom. The van der Waals surface area contributed by atoms with Crippen LogP contribution in [0.1, 0.15) is 17.3 Å². The first-order valence-corrected chi connectivity index (χ1v) is 7.80. The first kappa shape index (κ1) is 14.0. The lowest BCUT2D eigenvalue weighted by Gasteiger charge is -2.20. The van der Waals surface area contributed by atoms with E-state index in [4.69, 9.17) is 16.6 Å². The third-order valence-electron chi connectivity index (χ3n) is 3.83. The molecule has 0 saturated carbocycles. The van der Waals surface area contributed by atoms with E-state index in [2.05, 4.69) is 40.6 Å². The molecule has 3 nitrogen and oxygen atoms in total. The highest BCUT2D eigenvalue weighted by Crippen LogP contribution is 2.24. The highest BCUT2D eigenvalue weighted by molar-refractivity contribution is 6.65. The van der Waals surface area contributed by atoms with Gasteiger partial charge in [-0.25, -0.2) is 9.98 Å². The van der Waals surface area contributed by atoms with Crippen molar-refractivity contribution in [1.29, 1.82) is 0 Å². The number of nitrogens with one attached hydrogen (secondary N) is 1. The van der Waals surface area contributed by atoms with Crippen LogP contribution in [0.3, 0.4) is 0 Å². The molecule has 1 aliphatic rings. The van der Waals surface area contributed by atoms with Crippen LogP contribution in [0.5, 0.6) is 0 Å². The van der Waals surface area contributed by atoms with Gasteiger partial charge in [0.25, 0.3) is 0 Å². The summed E-state index contributed by atoms with van der Waals surface area (Å²) >= 11 is 6.18. The summed E-state index contributed by atoms with van der Waals surface area (Å²) in [6.07, 6.45) is -0.236. The van der Waals surface area contributed by atoms with Gasteiger partial charge in [-0.05, 0) is 34.0 Å². The fraction of sp³-hybridized carbons (Fsp3) is 0.0526. The van der Waals surface area contributed by atoms with Gasteiger partial charge in [0.1, 0.15) is 6.17 Å². The van der Waals surface area contributed by atoms with Gasteiger partial charge in [0, 0.05) is 5.56 Å². The molecule has 4 heteroatoms. The Kier molecular flexibility index (Phi) is 3.56. The Balaban J connectivity index is 1.75. The maximum atomic E-state index is 6.18. The molecule has 1 N–H and O–H groups in total. The Morgan fingerprint density at radius 1 is 0.826 bits per heavy atom. The van der Waals surface area contributed by atoms with Crippen LogP contribution in [0, 0.1) is 0 Å². The van der Waals surface area contributed by atoms with E-state index in [-0.39, 0.29) is 6.17 Å². The molecule has 0 saturated heterocycles. The monoisotopic (exact) mass is 319 g/mol. The Morgan fingerprint density at radius 3 is 2.39 bits per heavy atom. The van der Waals surface area contributed by atoms with Gasteiger partial charge in [0.05, 0.1) is 0 Å². The second-order valence-corrected chi connectivity index (χ2v) is 5.73. The van der Waals surface area contributed by atoms with Crippen molar-refractivity contribution in [3.8, 4) is 0 Å². The zero-order chi connectivity index (χ0) is 15.6. The highest BCUT2D eigenvalue weighted by Gasteiger charge is 2.18. The van der Waals surface area contributed by atoms with E-state index >= 15 is 0 Å². The van der Waals surface area contributed by atoms with Crippen molar-refractivity contribution in [3.05, 3.63) is 83.9 Å². The maximum Gasteiger partial charge on any atom is 0.199 e. The molecule has 4 rings (SSSR count). The number of aliphatic imine (C=N–C) groups is 2. The second kappa shape index (κ2) is 5.86. The summed E-state index contributed by atoms with van der Waals surface area (Å²) in [6, 6.07) is 24.4. The van der Waals surface area contributed by atoms with Crippen molar-refractivity contribution < 1.29 is 0 Å². The molecule has 1 aliphatic heterocycles. The smallest absolute Gasteiger partial charge is 0.199 e. The molecular formula is C19H14ClN3. The molecule has 1 heterocycles. The molecule has 0 fully saturated rings.